The molecule has 1 heterocycles. The first-order valence-corrected chi connectivity index (χ1v) is 7.65. The van der Waals surface area contributed by atoms with Crippen molar-refractivity contribution in [2.45, 2.75) is 45.7 Å². The summed E-state index contributed by atoms with van der Waals surface area (Å²) in [6.45, 7) is 10.4. The van der Waals surface area contributed by atoms with Crippen LogP contribution in [0.1, 0.15) is 37.5 Å². The molecule has 0 bridgehead atoms. The summed E-state index contributed by atoms with van der Waals surface area (Å²) in [4.78, 5) is 7.03. The van der Waals surface area contributed by atoms with Gasteiger partial charge in [-0.2, -0.15) is 0 Å². The van der Waals surface area contributed by atoms with E-state index in [1.807, 2.05) is 6.92 Å². The fourth-order valence-corrected chi connectivity index (χ4v) is 2.47. The third-order valence-electron chi connectivity index (χ3n) is 3.85. The Bertz CT molecular complexity index is 587. The van der Waals surface area contributed by atoms with E-state index in [0.29, 0.717) is 6.04 Å². The monoisotopic (exact) mass is 293 g/mol. The van der Waals surface area contributed by atoms with Crippen molar-refractivity contribution < 1.29 is 0 Å². The van der Waals surface area contributed by atoms with Gasteiger partial charge in [0.05, 0.1) is 16.4 Å². The van der Waals surface area contributed by atoms with Gasteiger partial charge in [0.1, 0.15) is 5.82 Å². The first-order chi connectivity index (χ1) is 9.40. The highest BCUT2D eigenvalue weighted by Gasteiger charge is 2.15. The van der Waals surface area contributed by atoms with Crippen LogP contribution in [0, 0.1) is 6.92 Å². The molecule has 4 heteroatoms. The number of hydrogen-bond acceptors (Lipinski definition) is 2. The number of benzene rings is 1. The lowest BCUT2D eigenvalue weighted by Crippen LogP contribution is -2.30. The number of aromatic nitrogens is 2. The van der Waals surface area contributed by atoms with Crippen LogP contribution in [0.4, 0.5) is 0 Å². The van der Waals surface area contributed by atoms with Gasteiger partial charge >= 0.3 is 0 Å². The summed E-state index contributed by atoms with van der Waals surface area (Å²) in [7, 11) is 2.15. The molecule has 0 aliphatic heterocycles. The lowest BCUT2D eigenvalue weighted by atomic mass is 10.2. The Kier molecular flexibility index (Phi) is 4.71. The van der Waals surface area contributed by atoms with Crippen LogP contribution in [-0.4, -0.2) is 34.1 Å². The Hall–Kier alpha value is -1.06. The van der Waals surface area contributed by atoms with Crippen molar-refractivity contribution in [3.63, 3.8) is 0 Å². The Labute approximate surface area is 126 Å². The number of rotatable bonds is 5. The minimum Gasteiger partial charge on any atom is -0.325 e. The van der Waals surface area contributed by atoms with Gasteiger partial charge < -0.3 is 9.47 Å². The molecule has 0 spiro atoms. The van der Waals surface area contributed by atoms with E-state index in [9.17, 15) is 0 Å². The average molecular weight is 294 g/mol. The minimum atomic E-state index is -0.0768. The van der Waals surface area contributed by atoms with Crippen molar-refractivity contribution >= 4 is 22.6 Å². The molecule has 0 aliphatic carbocycles. The molecule has 3 nitrogen and oxygen atoms in total. The molecule has 0 aliphatic rings. The minimum absolute atomic E-state index is 0.0768. The van der Waals surface area contributed by atoms with Gasteiger partial charge in [-0.25, -0.2) is 4.98 Å². The molecule has 1 atom stereocenters. The van der Waals surface area contributed by atoms with Gasteiger partial charge in [0.15, 0.2) is 0 Å². The van der Waals surface area contributed by atoms with Gasteiger partial charge in [0, 0.05) is 19.1 Å². The van der Waals surface area contributed by atoms with Crippen molar-refractivity contribution in [3.05, 3.63) is 29.6 Å². The molecule has 0 N–H and O–H groups in total. The highest BCUT2D eigenvalue weighted by molar-refractivity contribution is 6.20. The maximum Gasteiger partial charge on any atom is 0.127 e. The van der Waals surface area contributed by atoms with E-state index in [2.05, 4.69) is 60.5 Å². The summed E-state index contributed by atoms with van der Waals surface area (Å²) in [6.07, 6.45) is 0. The lowest BCUT2D eigenvalue weighted by Gasteiger charge is -2.22. The molecule has 1 aromatic carbocycles. The van der Waals surface area contributed by atoms with E-state index in [1.54, 1.807) is 0 Å². The largest absolute Gasteiger partial charge is 0.325 e. The summed E-state index contributed by atoms with van der Waals surface area (Å²) < 4.78 is 2.26. The van der Waals surface area contributed by atoms with Crippen LogP contribution in [0.3, 0.4) is 0 Å². The summed E-state index contributed by atoms with van der Waals surface area (Å²) in [5, 5.41) is -0.0768. The zero-order chi connectivity index (χ0) is 14.9. The van der Waals surface area contributed by atoms with Gasteiger partial charge in [-0.1, -0.05) is 6.07 Å². The molecule has 0 amide bonds. The molecule has 1 unspecified atom stereocenters. The number of aryl methyl sites for hydroxylation is 1. The van der Waals surface area contributed by atoms with Crippen molar-refractivity contribution in [2.75, 3.05) is 13.6 Å². The summed E-state index contributed by atoms with van der Waals surface area (Å²) in [6, 6.07) is 6.92. The van der Waals surface area contributed by atoms with Crippen LogP contribution < -0.4 is 0 Å². The third kappa shape index (κ3) is 3.15. The number of halogens is 1. The van der Waals surface area contributed by atoms with Gasteiger partial charge in [-0.15, -0.1) is 11.6 Å². The van der Waals surface area contributed by atoms with Crippen molar-refractivity contribution in [1.29, 1.82) is 0 Å². The van der Waals surface area contributed by atoms with Crippen molar-refractivity contribution in [2.24, 2.45) is 0 Å². The quantitative estimate of drug-likeness (QED) is 0.777. The normalized spacial score (nSPS) is 13.6. The summed E-state index contributed by atoms with van der Waals surface area (Å²) in [5.41, 5.74) is 3.47. The summed E-state index contributed by atoms with van der Waals surface area (Å²) >= 11 is 6.30. The van der Waals surface area contributed by atoms with Crippen LogP contribution in [0.25, 0.3) is 11.0 Å². The fourth-order valence-electron chi connectivity index (χ4n) is 2.31. The van der Waals surface area contributed by atoms with E-state index in [-0.39, 0.29) is 5.38 Å². The van der Waals surface area contributed by atoms with E-state index >= 15 is 0 Å². The van der Waals surface area contributed by atoms with Gasteiger partial charge in [0.25, 0.3) is 0 Å². The molecular formula is C16H24ClN3. The smallest absolute Gasteiger partial charge is 0.127 e. The zero-order valence-electron chi connectivity index (χ0n) is 13.0. The molecule has 0 saturated carbocycles. The molecule has 0 saturated heterocycles. The zero-order valence-corrected chi connectivity index (χ0v) is 13.8. The second-order valence-corrected chi connectivity index (χ2v) is 6.46. The van der Waals surface area contributed by atoms with Crippen molar-refractivity contribution in [1.82, 2.24) is 14.5 Å². The second kappa shape index (κ2) is 6.15. The standard InChI is InChI=1S/C16H24ClN3/c1-11(2)19(5)8-9-20-15-10-12(3)6-7-14(15)18-16(20)13(4)17/h6-7,10-11,13H,8-9H2,1-5H3. The molecule has 0 radical (unpaired) electrons. The molecule has 2 rings (SSSR count). The lowest BCUT2D eigenvalue weighted by molar-refractivity contribution is 0.263. The van der Waals surface area contributed by atoms with E-state index in [1.165, 1.54) is 11.1 Å². The predicted octanol–water partition coefficient (Wildman–Crippen LogP) is 3.98. The SMILES string of the molecule is Cc1ccc2nc(C(C)Cl)n(CCN(C)C(C)C)c2c1. The molecule has 110 valence electrons. The Morgan fingerprint density at radius 2 is 2.00 bits per heavy atom. The van der Waals surface area contributed by atoms with Crippen LogP contribution in [0.5, 0.6) is 0 Å². The first kappa shape index (κ1) is 15.3. The third-order valence-corrected chi connectivity index (χ3v) is 4.04. The van der Waals surface area contributed by atoms with E-state index < -0.39 is 0 Å². The molecule has 2 aromatic rings. The van der Waals surface area contributed by atoms with E-state index in [4.69, 9.17) is 11.6 Å². The van der Waals surface area contributed by atoms with Crippen molar-refractivity contribution in [3.8, 4) is 0 Å². The second-order valence-electron chi connectivity index (χ2n) is 5.80. The van der Waals surface area contributed by atoms with Crippen LogP contribution in [0.15, 0.2) is 18.2 Å². The topological polar surface area (TPSA) is 21.1 Å². The maximum atomic E-state index is 6.30. The molecular weight excluding hydrogens is 270 g/mol. The maximum absolute atomic E-state index is 6.30. The van der Waals surface area contributed by atoms with Crippen LogP contribution >= 0.6 is 11.6 Å². The number of nitrogens with zero attached hydrogens (tertiary/aromatic N) is 3. The molecule has 0 fully saturated rings. The Balaban J connectivity index is 2.38. The van der Waals surface area contributed by atoms with Gasteiger partial charge in [-0.05, 0) is 52.4 Å². The highest BCUT2D eigenvalue weighted by atomic mass is 35.5. The highest BCUT2D eigenvalue weighted by Crippen LogP contribution is 2.25. The van der Waals surface area contributed by atoms with E-state index in [0.717, 1.165) is 24.4 Å². The van der Waals surface area contributed by atoms with Gasteiger partial charge in [-0.3, -0.25) is 0 Å². The Morgan fingerprint density at radius 3 is 2.60 bits per heavy atom. The van der Waals surface area contributed by atoms with Crippen LogP contribution in [-0.2, 0) is 6.54 Å². The molecule has 20 heavy (non-hydrogen) atoms. The number of imidazole rings is 1. The first-order valence-electron chi connectivity index (χ1n) is 7.21. The van der Waals surface area contributed by atoms with Gasteiger partial charge in [0.2, 0.25) is 0 Å². The summed E-state index contributed by atoms with van der Waals surface area (Å²) in [5.74, 6) is 0.962. The Morgan fingerprint density at radius 1 is 1.30 bits per heavy atom. The number of fused-ring (bicyclic) bond motifs is 1. The number of alkyl halides is 1. The number of hydrogen-bond donors (Lipinski definition) is 0. The fraction of sp³-hybridized carbons (Fsp3) is 0.562. The molecule has 1 aromatic heterocycles. The van der Waals surface area contributed by atoms with Crippen LogP contribution in [0.2, 0.25) is 0 Å². The number of likely N-dealkylation sites (N-methyl/N-ethyl adjacent to an activating group) is 1. The predicted molar refractivity (Wildman–Crippen MR) is 86.5 cm³/mol. The average Bonchev–Trinajstić information content (AvgIpc) is 2.73.